The van der Waals surface area contributed by atoms with Crippen molar-refractivity contribution >= 4 is 29.4 Å². The van der Waals surface area contributed by atoms with E-state index in [4.69, 9.17) is 40.0 Å². The molecule has 0 aliphatic carbocycles. The third-order valence-electron chi connectivity index (χ3n) is 10.9. The molecule has 0 aromatic heterocycles. The number of carboxylic acid groups (broad SMARTS) is 1. The van der Waals surface area contributed by atoms with E-state index in [2.05, 4.69) is 10.6 Å². The standard InChI is InChI=1S/C42H51ClN2O17.Na/c1-21(47)45-32-27(48)17-42(41(55)56,61-37(32)33(50)28(49)18-44-39(54)24-7-11-25(43)12-8-24)62-38-35(52)30(19-46)60-40(36(38)53)59-29-15-16-57-31(34(29)51)20-58-26-13-9-23(10-14-26)22-5-3-2-4-6-22;/h2-14,27-38,40,46,48-53H,15-20H2,1H3,(H,44,54)(H,45,47)(H,55,56);/q;+1/p-1/t27-,28+,29+,30+,31+,32+,33-,34+,35-,36+,37+,38-,40+,42-;/m0./s1. The zero-order valence-electron chi connectivity index (χ0n) is 34.3. The third-order valence-corrected chi connectivity index (χ3v) is 11.1. The second-order valence-corrected chi connectivity index (χ2v) is 15.7. The molecule has 14 atom stereocenters. The molecule has 0 unspecified atom stereocenters. The second-order valence-electron chi connectivity index (χ2n) is 15.2. The molecule has 9 N–H and O–H groups in total. The summed E-state index contributed by atoms with van der Waals surface area (Å²) in [5.41, 5.74) is 2.14. The van der Waals surface area contributed by atoms with E-state index in [-0.39, 0.29) is 54.8 Å². The van der Waals surface area contributed by atoms with Gasteiger partial charge < -0.3 is 84.7 Å². The normalized spacial score (nSPS) is 31.7. The van der Waals surface area contributed by atoms with Gasteiger partial charge in [0.1, 0.15) is 67.2 Å². The first kappa shape index (κ1) is 50.7. The number of halogens is 1. The van der Waals surface area contributed by atoms with Crippen molar-refractivity contribution in [2.24, 2.45) is 0 Å². The van der Waals surface area contributed by atoms with E-state index >= 15 is 0 Å². The van der Waals surface area contributed by atoms with Crippen LogP contribution in [0.2, 0.25) is 5.02 Å². The maximum atomic E-state index is 12.9. The SMILES string of the molecule is CC(=O)N[C@H]1[C@H]([C@@H](O)[C@H](O)CNC(=O)c2ccc(Cl)cc2)O[C@@](O[C@H]2[C@@H](O)[C@@H](CO)O[C@@H](O[C@@H]3CCO[C@H](COc4ccc(-c5ccccc5)cc4)[C@@H]3O)[C@@H]2O)(C(=O)[O-])C[C@@H]1O.[Na+]. The van der Waals surface area contributed by atoms with Crippen LogP contribution in [0.25, 0.3) is 11.1 Å². The van der Waals surface area contributed by atoms with Crippen LogP contribution in [0.3, 0.4) is 0 Å². The maximum Gasteiger partial charge on any atom is 1.00 e. The first-order chi connectivity index (χ1) is 29.6. The number of carbonyl (C=O) groups is 3. The van der Waals surface area contributed by atoms with E-state index < -0.39 is 123 Å². The Hall–Kier alpha value is -3.32. The summed E-state index contributed by atoms with van der Waals surface area (Å²) in [7, 11) is 0. The Labute approximate surface area is 389 Å². The number of ether oxygens (including phenoxy) is 6. The summed E-state index contributed by atoms with van der Waals surface area (Å²) in [5.74, 6) is -6.20. The fourth-order valence-electron chi connectivity index (χ4n) is 7.54. The van der Waals surface area contributed by atoms with Crippen LogP contribution in [0.5, 0.6) is 5.75 Å². The van der Waals surface area contributed by atoms with E-state index in [1.165, 1.54) is 24.3 Å². The number of carbonyl (C=O) groups excluding carboxylic acids is 3. The summed E-state index contributed by atoms with van der Waals surface area (Å²) in [6.07, 6.45) is -21.7. The summed E-state index contributed by atoms with van der Waals surface area (Å²) in [6.45, 7) is -0.493. The molecule has 2 amide bonds. The number of aliphatic carboxylic acids is 1. The van der Waals surface area contributed by atoms with E-state index in [1.54, 1.807) is 12.1 Å². The molecule has 6 rings (SSSR count). The van der Waals surface area contributed by atoms with Gasteiger partial charge >= 0.3 is 29.6 Å². The van der Waals surface area contributed by atoms with Crippen LogP contribution < -0.4 is 50.0 Å². The van der Waals surface area contributed by atoms with Gasteiger partial charge in [0, 0.05) is 37.1 Å². The number of hydrogen-bond donors (Lipinski definition) is 9. The smallest absolute Gasteiger partial charge is 0.544 e. The summed E-state index contributed by atoms with van der Waals surface area (Å²) in [4.78, 5) is 37.8. The zero-order valence-corrected chi connectivity index (χ0v) is 37.1. The monoisotopic (exact) mass is 912 g/mol. The Morgan fingerprint density at radius 1 is 0.921 bits per heavy atom. The Balaban J connectivity index is 0.00000748. The number of aliphatic hydroxyl groups excluding tert-OH is 7. The molecule has 3 aromatic rings. The molecule has 21 heteroatoms. The average Bonchev–Trinajstić information content (AvgIpc) is 3.26. The third kappa shape index (κ3) is 12.3. The van der Waals surface area contributed by atoms with Gasteiger partial charge in [0.25, 0.3) is 5.91 Å². The molecule has 3 aromatic carbocycles. The van der Waals surface area contributed by atoms with E-state index in [0.29, 0.717) is 10.8 Å². The minimum atomic E-state index is -3.11. The van der Waals surface area contributed by atoms with Crippen molar-refractivity contribution in [1.29, 1.82) is 0 Å². The van der Waals surface area contributed by atoms with Crippen molar-refractivity contribution < 1.29 is 113 Å². The van der Waals surface area contributed by atoms with E-state index in [0.717, 1.165) is 18.1 Å². The zero-order chi connectivity index (χ0) is 44.7. The molecule has 3 heterocycles. The van der Waals surface area contributed by atoms with Crippen LogP contribution in [0, 0.1) is 0 Å². The van der Waals surface area contributed by atoms with Gasteiger partial charge in [0.15, 0.2) is 6.29 Å². The van der Waals surface area contributed by atoms with Gasteiger partial charge in [-0.1, -0.05) is 54.1 Å². The van der Waals surface area contributed by atoms with Crippen LogP contribution >= 0.6 is 11.6 Å². The van der Waals surface area contributed by atoms with Gasteiger partial charge in [-0.25, -0.2) is 0 Å². The van der Waals surface area contributed by atoms with Crippen molar-refractivity contribution in [2.45, 2.75) is 105 Å². The summed E-state index contributed by atoms with van der Waals surface area (Å²) >= 11 is 5.87. The van der Waals surface area contributed by atoms with Gasteiger partial charge in [-0.15, -0.1) is 0 Å². The first-order valence-electron chi connectivity index (χ1n) is 19.9. The Bertz CT molecular complexity index is 1950. The molecule has 19 nitrogen and oxygen atoms in total. The minimum absolute atomic E-state index is 0. The fraction of sp³-hybridized carbons (Fsp3) is 0.500. The number of nitrogens with one attached hydrogen (secondary N) is 2. The second kappa shape index (κ2) is 22.7. The molecule has 0 spiro atoms. The summed E-state index contributed by atoms with van der Waals surface area (Å²) in [6, 6.07) is 21.1. The number of rotatable bonds is 16. The van der Waals surface area contributed by atoms with Crippen LogP contribution in [0.4, 0.5) is 0 Å². The fourth-order valence-corrected chi connectivity index (χ4v) is 7.67. The topological polar surface area (TPSA) is 295 Å². The van der Waals surface area contributed by atoms with Gasteiger partial charge in [-0.3, -0.25) is 9.59 Å². The Morgan fingerprint density at radius 2 is 1.59 bits per heavy atom. The van der Waals surface area contributed by atoms with Crippen molar-refractivity contribution in [3.8, 4) is 16.9 Å². The molecular formula is C42H50ClN2NaO17. The van der Waals surface area contributed by atoms with E-state index in [1.807, 2.05) is 42.5 Å². The number of aliphatic hydroxyl groups is 7. The molecule has 0 saturated carbocycles. The molecule has 3 aliphatic rings. The Kier molecular flexibility index (Phi) is 18.3. The minimum Gasteiger partial charge on any atom is -0.544 e. The predicted octanol–water partition coefficient (Wildman–Crippen LogP) is -5.00. The van der Waals surface area contributed by atoms with Crippen molar-refractivity contribution in [1.82, 2.24) is 10.6 Å². The molecule has 3 fully saturated rings. The first-order valence-corrected chi connectivity index (χ1v) is 20.3. The number of amides is 2. The molecule has 3 aliphatic heterocycles. The van der Waals surface area contributed by atoms with Gasteiger partial charge in [-0.05, 0) is 53.9 Å². The molecule has 0 bridgehead atoms. The molecule has 0 radical (unpaired) electrons. The number of carboxylic acids is 1. The van der Waals surface area contributed by atoms with Crippen molar-refractivity contribution in [3.05, 3.63) is 89.4 Å². The van der Waals surface area contributed by atoms with Crippen molar-refractivity contribution in [2.75, 3.05) is 26.4 Å². The summed E-state index contributed by atoms with van der Waals surface area (Å²) in [5, 5.41) is 95.7. The maximum absolute atomic E-state index is 12.9. The van der Waals surface area contributed by atoms with Crippen LogP contribution in [-0.4, -0.2) is 165 Å². The summed E-state index contributed by atoms with van der Waals surface area (Å²) < 4.78 is 34.8. The van der Waals surface area contributed by atoms with Crippen LogP contribution in [0.1, 0.15) is 30.1 Å². The largest absolute Gasteiger partial charge is 1.00 e. The molecule has 338 valence electrons. The van der Waals surface area contributed by atoms with Crippen molar-refractivity contribution in [3.63, 3.8) is 0 Å². The van der Waals surface area contributed by atoms with Gasteiger partial charge in [0.05, 0.1) is 31.0 Å². The predicted molar refractivity (Wildman–Crippen MR) is 212 cm³/mol. The van der Waals surface area contributed by atoms with Gasteiger partial charge in [0.2, 0.25) is 11.7 Å². The molecular weight excluding hydrogens is 863 g/mol. The van der Waals surface area contributed by atoms with E-state index in [9.17, 15) is 55.2 Å². The number of benzene rings is 3. The van der Waals surface area contributed by atoms with Gasteiger partial charge in [-0.2, -0.15) is 0 Å². The molecule has 63 heavy (non-hydrogen) atoms. The van der Waals surface area contributed by atoms with Crippen LogP contribution in [0.15, 0.2) is 78.9 Å². The molecule has 3 saturated heterocycles. The number of hydrogen-bond acceptors (Lipinski definition) is 17. The average molecular weight is 913 g/mol. The quantitative estimate of drug-likeness (QED) is 0.0608. The Morgan fingerprint density at radius 3 is 2.22 bits per heavy atom. The van der Waals surface area contributed by atoms with Crippen LogP contribution in [-0.2, 0) is 33.3 Å².